The normalized spacial score (nSPS) is 10.9. The van der Waals surface area contributed by atoms with Crippen LogP contribution in [0.4, 0.5) is 4.39 Å². The lowest BCUT2D eigenvalue weighted by Crippen LogP contribution is -2.25. The Balaban J connectivity index is 1.67. The summed E-state index contributed by atoms with van der Waals surface area (Å²) < 4.78 is 13.2. The number of benzene rings is 2. The highest BCUT2D eigenvalue weighted by atomic mass is 35.5. The highest BCUT2D eigenvalue weighted by Crippen LogP contribution is 2.21. The third-order valence-corrected chi connectivity index (χ3v) is 4.17. The Bertz CT molecular complexity index is 876. The van der Waals surface area contributed by atoms with Crippen molar-refractivity contribution in [3.05, 3.63) is 69.6 Å². The molecule has 0 saturated carbocycles. The zero-order valence-corrected chi connectivity index (χ0v) is 13.5. The standard InChI is InChI=1S/C17H13Cl2FN2O/c18-11-2-1-10(15(19)7-11)5-6-21-17(23)14-9-22-16-8-12(20)3-4-13(14)16/h1-4,7-9,22H,5-6H2,(H,21,23). The minimum Gasteiger partial charge on any atom is -0.360 e. The van der Waals surface area contributed by atoms with Crippen molar-refractivity contribution in [3.63, 3.8) is 0 Å². The summed E-state index contributed by atoms with van der Waals surface area (Å²) in [5.74, 6) is -0.559. The number of aromatic nitrogens is 1. The van der Waals surface area contributed by atoms with Crippen molar-refractivity contribution >= 4 is 40.0 Å². The molecule has 0 aliphatic rings. The molecule has 3 rings (SSSR count). The van der Waals surface area contributed by atoms with Crippen LogP contribution in [-0.2, 0) is 6.42 Å². The zero-order chi connectivity index (χ0) is 16.4. The largest absolute Gasteiger partial charge is 0.360 e. The van der Waals surface area contributed by atoms with E-state index in [-0.39, 0.29) is 11.7 Å². The number of rotatable bonds is 4. The van der Waals surface area contributed by atoms with Gasteiger partial charge in [-0.1, -0.05) is 29.3 Å². The van der Waals surface area contributed by atoms with Crippen LogP contribution in [0, 0.1) is 5.82 Å². The minimum atomic E-state index is -0.344. The van der Waals surface area contributed by atoms with Gasteiger partial charge in [0.1, 0.15) is 5.82 Å². The second kappa shape index (κ2) is 6.60. The Morgan fingerprint density at radius 1 is 1.17 bits per heavy atom. The highest BCUT2D eigenvalue weighted by Gasteiger charge is 2.12. The first-order valence-corrected chi connectivity index (χ1v) is 7.79. The number of amides is 1. The van der Waals surface area contributed by atoms with Crippen LogP contribution in [0.1, 0.15) is 15.9 Å². The highest BCUT2D eigenvalue weighted by molar-refractivity contribution is 6.35. The zero-order valence-electron chi connectivity index (χ0n) is 12.0. The molecule has 0 unspecified atom stereocenters. The fraction of sp³-hybridized carbons (Fsp3) is 0.118. The van der Waals surface area contributed by atoms with Gasteiger partial charge >= 0.3 is 0 Å². The molecule has 3 aromatic rings. The van der Waals surface area contributed by atoms with Gasteiger partial charge in [-0.2, -0.15) is 0 Å². The molecule has 118 valence electrons. The fourth-order valence-corrected chi connectivity index (χ4v) is 2.92. The first-order valence-electron chi connectivity index (χ1n) is 7.03. The van der Waals surface area contributed by atoms with Crippen molar-refractivity contribution in [2.45, 2.75) is 6.42 Å². The molecular weight excluding hydrogens is 338 g/mol. The van der Waals surface area contributed by atoms with Gasteiger partial charge in [0.25, 0.3) is 5.91 Å². The molecule has 1 heterocycles. The Hall–Kier alpha value is -2.04. The van der Waals surface area contributed by atoms with Crippen LogP contribution in [0.25, 0.3) is 10.9 Å². The summed E-state index contributed by atoms with van der Waals surface area (Å²) in [5, 5.41) is 4.68. The van der Waals surface area contributed by atoms with Crippen molar-refractivity contribution in [2.75, 3.05) is 6.54 Å². The molecule has 0 aliphatic carbocycles. The Morgan fingerprint density at radius 3 is 2.78 bits per heavy atom. The van der Waals surface area contributed by atoms with Crippen molar-refractivity contribution in [1.82, 2.24) is 10.3 Å². The van der Waals surface area contributed by atoms with Gasteiger partial charge in [-0.25, -0.2) is 4.39 Å². The van der Waals surface area contributed by atoms with E-state index < -0.39 is 0 Å². The number of fused-ring (bicyclic) bond motifs is 1. The molecule has 0 atom stereocenters. The van der Waals surface area contributed by atoms with Crippen molar-refractivity contribution < 1.29 is 9.18 Å². The van der Waals surface area contributed by atoms with Crippen LogP contribution in [0.2, 0.25) is 10.0 Å². The summed E-state index contributed by atoms with van der Waals surface area (Å²) >= 11 is 12.0. The third kappa shape index (κ3) is 3.49. The Labute approximate surface area is 142 Å². The van der Waals surface area contributed by atoms with Gasteiger partial charge in [-0.15, -0.1) is 0 Å². The summed E-state index contributed by atoms with van der Waals surface area (Å²) in [5.41, 5.74) is 2.00. The number of hydrogen-bond acceptors (Lipinski definition) is 1. The van der Waals surface area contributed by atoms with Crippen molar-refractivity contribution in [3.8, 4) is 0 Å². The maximum atomic E-state index is 13.2. The number of nitrogens with one attached hydrogen (secondary N) is 2. The molecular formula is C17H13Cl2FN2O. The van der Waals surface area contributed by atoms with Gasteiger partial charge in [-0.3, -0.25) is 4.79 Å². The van der Waals surface area contributed by atoms with Crippen LogP contribution in [0.5, 0.6) is 0 Å². The van der Waals surface area contributed by atoms with Gasteiger partial charge in [0.15, 0.2) is 0 Å². The Kier molecular flexibility index (Phi) is 4.55. The molecule has 1 amide bonds. The molecule has 0 aliphatic heterocycles. The minimum absolute atomic E-state index is 0.215. The number of carbonyl (C=O) groups excluding carboxylic acids is 1. The van der Waals surface area contributed by atoms with E-state index in [4.69, 9.17) is 23.2 Å². The van der Waals surface area contributed by atoms with Gasteiger partial charge in [0.05, 0.1) is 5.56 Å². The van der Waals surface area contributed by atoms with Crippen LogP contribution in [0.15, 0.2) is 42.6 Å². The van der Waals surface area contributed by atoms with Crippen LogP contribution in [-0.4, -0.2) is 17.4 Å². The predicted molar refractivity (Wildman–Crippen MR) is 90.8 cm³/mol. The quantitative estimate of drug-likeness (QED) is 0.710. The summed E-state index contributed by atoms with van der Waals surface area (Å²) in [6.45, 7) is 0.439. The van der Waals surface area contributed by atoms with E-state index in [1.165, 1.54) is 12.1 Å². The molecule has 0 fully saturated rings. The van der Waals surface area contributed by atoms with E-state index in [1.54, 1.807) is 24.4 Å². The van der Waals surface area contributed by atoms with Gasteiger partial charge in [0.2, 0.25) is 0 Å². The molecule has 0 spiro atoms. The molecule has 1 aromatic heterocycles. The van der Waals surface area contributed by atoms with E-state index in [9.17, 15) is 9.18 Å². The monoisotopic (exact) mass is 350 g/mol. The lowest BCUT2D eigenvalue weighted by atomic mass is 10.1. The predicted octanol–water partition coefficient (Wildman–Crippen LogP) is 4.59. The summed E-state index contributed by atoms with van der Waals surface area (Å²) in [4.78, 5) is 15.2. The SMILES string of the molecule is O=C(NCCc1ccc(Cl)cc1Cl)c1c[nH]c2cc(F)ccc12. The summed E-state index contributed by atoms with van der Waals surface area (Å²) in [6.07, 6.45) is 2.17. The maximum absolute atomic E-state index is 13.2. The van der Waals surface area contributed by atoms with E-state index in [1.807, 2.05) is 6.07 Å². The molecule has 3 nitrogen and oxygen atoms in total. The molecule has 2 N–H and O–H groups in total. The average Bonchev–Trinajstić information content (AvgIpc) is 2.92. The molecule has 23 heavy (non-hydrogen) atoms. The topological polar surface area (TPSA) is 44.9 Å². The molecule has 6 heteroatoms. The number of hydrogen-bond donors (Lipinski definition) is 2. The maximum Gasteiger partial charge on any atom is 0.253 e. The number of halogens is 3. The van der Waals surface area contributed by atoms with Crippen LogP contribution in [0.3, 0.4) is 0 Å². The van der Waals surface area contributed by atoms with Crippen LogP contribution >= 0.6 is 23.2 Å². The van der Waals surface area contributed by atoms with E-state index >= 15 is 0 Å². The Morgan fingerprint density at radius 2 is 2.00 bits per heavy atom. The van der Waals surface area contributed by atoms with Crippen molar-refractivity contribution in [1.29, 1.82) is 0 Å². The van der Waals surface area contributed by atoms with Gasteiger partial charge in [-0.05, 0) is 42.3 Å². The number of carbonyl (C=O) groups is 1. The smallest absolute Gasteiger partial charge is 0.253 e. The van der Waals surface area contributed by atoms with E-state index in [0.717, 1.165) is 5.56 Å². The summed E-state index contributed by atoms with van der Waals surface area (Å²) in [7, 11) is 0. The third-order valence-electron chi connectivity index (χ3n) is 3.58. The van der Waals surface area contributed by atoms with Gasteiger partial charge < -0.3 is 10.3 Å². The average molecular weight is 351 g/mol. The first-order chi connectivity index (χ1) is 11.0. The second-order valence-corrected chi connectivity index (χ2v) is 5.98. The fourth-order valence-electron chi connectivity index (χ4n) is 2.42. The number of H-pyrrole nitrogens is 1. The van der Waals surface area contributed by atoms with Crippen molar-refractivity contribution in [2.24, 2.45) is 0 Å². The van der Waals surface area contributed by atoms with E-state index in [0.29, 0.717) is 39.5 Å². The lowest BCUT2D eigenvalue weighted by Gasteiger charge is -2.07. The summed E-state index contributed by atoms with van der Waals surface area (Å²) in [6, 6.07) is 9.56. The van der Waals surface area contributed by atoms with Crippen LogP contribution < -0.4 is 5.32 Å². The molecule has 0 bridgehead atoms. The van der Waals surface area contributed by atoms with Gasteiger partial charge in [0, 0.05) is 33.7 Å². The second-order valence-electron chi connectivity index (χ2n) is 5.13. The molecule has 2 aromatic carbocycles. The lowest BCUT2D eigenvalue weighted by molar-refractivity contribution is 0.0956. The first kappa shape index (κ1) is 15.8. The molecule has 0 radical (unpaired) electrons. The number of aromatic amines is 1. The van der Waals surface area contributed by atoms with E-state index in [2.05, 4.69) is 10.3 Å². The molecule has 0 saturated heterocycles.